The molecule has 2 aromatic rings. The minimum atomic E-state index is -0.899. The van der Waals surface area contributed by atoms with Gasteiger partial charge in [0.05, 0.1) is 6.42 Å². The SMILES string of the molecule is Cc1cc(CC2(NC(=O)c3ccc(CC(=O)O)cc3)CC2)ccc1F. The molecule has 130 valence electrons. The zero-order valence-corrected chi connectivity index (χ0v) is 14.0. The highest BCUT2D eigenvalue weighted by atomic mass is 19.1. The predicted molar refractivity (Wildman–Crippen MR) is 92.1 cm³/mol. The number of aryl methyl sites for hydroxylation is 1. The van der Waals surface area contributed by atoms with E-state index < -0.39 is 5.97 Å². The highest BCUT2D eigenvalue weighted by molar-refractivity contribution is 5.95. The number of amides is 1. The number of carbonyl (C=O) groups excluding carboxylic acids is 1. The van der Waals surface area contributed by atoms with Gasteiger partial charge in [-0.15, -0.1) is 0 Å². The number of hydrogen-bond acceptors (Lipinski definition) is 2. The van der Waals surface area contributed by atoms with Gasteiger partial charge in [-0.2, -0.15) is 0 Å². The summed E-state index contributed by atoms with van der Waals surface area (Å²) in [6.07, 6.45) is 2.41. The lowest BCUT2D eigenvalue weighted by molar-refractivity contribution is -0.136. The summed E-state index contributed by atoms with van der Waals surface area (Å²) < 4.78 is 13.4. The van der Waals surface area contributed by atoms with Gasteiger partial charge >= 0.3 is 5.97 Å². The fraction of sp³-hybridized carbons (Fsp3) is 0.300. The van der Waals surface area contributed by atoms with E-state index in [0.717, 1.165) is 18.4 Å². The van der Waals surface area contributed by atoms with E-state index in [0.29, 0.717) is 23.1 Å². The summed E-state index contributed by atoms with van der Waals surface area (Å²) in [5.41, 5.74) is 2.52. The molecule has 0 saturated heterocycles. The standard InChI is InChI=1S/C20H20FNO3/c1-13-10-15(4-7-17(13)21)12-20(8-9-20)22-19(25)16-5-2-14(3-6-16)11-18(23)24/h2-7,10H,8-9,11-12H2,1H3,(H,22,25)(H,23,24). The first-order valence-corrected chi connectivity index (χ1v) is 8.25. The van der Waals surface area contributed by atoms with Crippen LogP contribution >= 0.6 is 0 Å². The maximum absolute atomic E-state index is 13.4. The van der Waals surface area contributed by atoms with E-state index in [1.807, 2.05) is 6.07 Å². The highest BCUT2D eigenvalue weighted by Crippen LogP contribution is 2.39. The zero-order chi connectivity index (χ0) is 18.0. The van der Waals surface area contributed by atoms with Gasteiger partial charge in [0, 0.05) is 11.1 Å². The first-order chi connectivity index (χ1) is 11.9. The summed E-state index contributed by atoms with van der Waals surface area (Å²) in [5.74, 6) is -1.29. The molecule has 2 aromatic carbocycles. The Bertz CT molecular complexity index is 810. The fourth-order valence-corrected chi connectivity index (χ4v) is 2.97. The maximum atomic E-state index is 13.4. The van der Waals surface area contributed by atoms with Crippen molar-refractivity contribution in [2.45, 2.75) is 38.1 Å². The van der Waals surface area contributed by atoms with Gasteiger partial charge in [-0.25, -0.2) is 4.39 Å². The molecule has 0 aromatic heterocycles. The molecular formula is C20H20FNO3. The minimum absolute atomic E-state index is 0.0598. The second-order valence-corrected chi connectivity index (χ2v) is 6.76. The maximum Gasteiger partial charge on any atom is 0.307 e. The van der Waals surface area contributed by atoms with Crippen LogP contribution in [0.3, 0.4) is 0 Å². The highest BCUT2D eigenvalue weighted by Gasteiger charge is 2.44. The number of nitrogens with one attached hydrogen (secondary N) is 1. The van der Waals surface area contributed by atoms with Gasteiger partial charge in [-0.3, -0.25) is 9.59 Å². The van der Waals surface area contributed by atoms with E-state index in [-0.39, 0.29) is 23.7 Å². The molecule has 4 nitrogen and oxygen atoms in total. The summed E-state index contributed by atoms with van der Waals surface area (Å²) in [5, 5.41) is 11.9. The third-order valence-electron chi connectivity index (χ3n) is 4.57. The molecule has 3 rings (SSSR count). The van der Waals surface area contributed by atoms with Crippen LogP contribution < -0.4 is 5.32 Å². The second-order valence-electron chi connectivity index (χ2n) is 6.76. The molecule has 1 aliphatic carbocycles. The molecule has 1 fully saturated rings. The Labute approximate surface area is 145 Å². The van der Waals surface area contributed by atoms with E-state index in [2.05, 4.69) is 5.32 Å². The first kappa shape index (κ1) is 17.1. The third kappa shape index (κ3) is 4.24. The largest absolute Gasteiger partial charge is 0.481 e. The zero-order valence-electron chi connectivity index (χ0n) is 14.0. The van der Waals surface area contributed by atoms with Crippen LogP contribution in [0.5, 0.6) is 0 Å². The van der Waals surface area contributed by atoms with E-state index in [1.54, 1.807) is 37.3 Å². The van der Waals surface area contributed by atoms with Gasteiger partial charge in [-0.05, 0) is 61.1 Å². The summed E-state index contributed by atoms with van der Waals surface area (Å²) in [7, 11) is 0. The molecule has 1 aliphatic rings. The summed E-state index contributed by atoms with van der Waals surface area (Å²) in [6, 6.07) is 11.6. The molecule has 5 heteroatoms. The van der Waals surface area contributed by atoms with Crippen molar-refractivity contribution in [2.75, 3.05) is 0 Å². The monoisotopic (exact) mass is 341 g/mol. The van der Waals surface area contributed by atoms with Crippen molar-refractivity contribution in [3.05, 3.63) is 70.5 Å². The Balaban J connectivity index is 1.65. The van der Waals surface area contributed by atoms with Crippen LogP contribution in [0.25, 0.3) is 0 Å². The number of hydrogen-bond donors (Lipinski definition) is 2. The molecule has 0 spiro atoms. The van der Waals surface area contributed by atoms with Crippen molar-refractivity contribution in [3.63, 3.8) is 0 Å². The molecule has 1 amide bonds. The number of benzene rings is 2. The molecular weight excluding hydrogens is 321 g/mol. The molecule has 2 N–H and O–H groups in total. The number of carboxylic acids is 1. The van der Waals surface area contributed by atoms with Crippen LogP contribution in [0.1, 0.15) is 39.9 Å². The first-order valence-electron chi connectivity index (χ1n) is 8.25. The molecule has 0 unspecified atom stereocenters. The number of carboxylic acid groups (broad SMARTS) is 1. The quantitative estimate of drug-likeness (QED) is 0.847. The average molecular weight is 341 g/mol. The van der Waals surface area contributed by atoms with Gasteiger partial charge < -0.3 is 10.4 Å². The van der Waals surface area contributed by atoms with Crippen LogP contribution in [-0.4, -0.2) is 22.5 Å². The van der Waals surface area contributed by atoms with Crippen LogP contribution in [0.4, 0.5) is 4.39 Å². The van der Waals surface area contributed by atoms with Crippen molar-refractivity contribution < 1.29 is 19.1 Å². The molecule has 1 saturated carbocycles. The molecule has 0 atom stereocenters. The average Bonchev–Trinajstić information content (AvgIpc) is 3.30. The molecule has 25 heavy (non-hydrogen) atoms. The van der Waals surface area contributed by atoms with E-state index in [1.165, 1.54) is 6.07 Å². The number of rotatable bonds is 6. The Hall–Kier alpha value is -2.69. The Morgan fingerprint density at radius 2 is 1.76 bits per heavy atom. The minimum Gasteiger partial charge on any atom is -0.481 e. The molecule has 0 heterocycles. The van der Waals surface area contributed by atoms with Crippen molar-refractivity contribution >= 4 is 11.9 Å². The molecule has 0 aliphatic heterocycles. The second kappa shape index (κ2) is 6.67. The predicted octanol–water partition coefficient (Wildman–Crippen LogP) is 3.27. The molecule has 0 bridgehead atoms. The normalized spacial score (nSPS) is 14.8. The van der Waals surface area contributed by atoms with Crippen LogP contribution in [0, 0.1) is 12.7 Å². The van der Waals surface area contributed by atoms with Gasteiger partial charge in [0.1, 0.15) is 5.82 Å². The lowest BCUT2D eigenvalue weighted by Crippen LogP contribution is -2.38. The lowest BCUT2D eigenvalue weighted by Gasteiger charge is -2.18. The number of carbonyl (C=O) groups is 2. The van der Waals surface area contributed by atoms with Gasteiger partial charge in [0.25, 0.3) is 5.91 Å². The van der Waals surface area contributed by atoms with Gasteiger partial charge in [0.15, 0.2) is 0 Å². The Morgan fingerprint density at radius 1 is 1.12 bits per heavy atom. The van der Waals surface area contributed by atoms with Gasteiger partial charge in [0.2, 0.25) is 0 Å². The van der Waals surface area contributed by atoms with Crippen LogP contribution in [-0.2, 0) is 17.6 Å². The van der Waals surface area contributed by atoms with E-state index in [4.69, 9.17) is 5.11 Å². The summed E-state index contributed by atoms with van der Waals surface area (Å²) in [6.45, 7) is 1.73. The Morgan fingerprint density at radius 3 is 2.32 bits per heavy atom. The smallest absolute Gasteiger partial charge is 0.307 e. The van der Waals surface area contributed by atoms with Crippen molar-refractivity contribution in [1.82, 2.24) is 5.32 Å². The molecule has 0 radical (unpaired) electrons. The number of halogens is 1. The Kier molecular flexibility index (Phi) is 4.57. The number of aliphatic carboxylic acids is 1. The van der Waals surface area contributed by atoms with Crippen LogP contribution in [0.2, 0.25) is 0 Å². The summed E-state index contributed by atoms with van der Waals surface area (Å²) >= 11 is 0. The van der Waals surface area contributed by atoms with Crippen LogP contribution in [0.15, 0.2) is 42.5 Å². The van der Waals surface area contributed by atoms with Crippen molar-refractivity contribution in [1.29, 1.82) is 0 Å². The fourth-order valence-electron chi connectivity index (χ4n) is 2.97. The third-order valence-corrected chi connectivity index (χ3v) is 4.57. The summed E-state index contributed by atoms with van der Waals surface area (Å²) in [4.78, 5) is 23.2. The van der Waals surface area contributed by atoms with Crippen molar-refractivity contribution in [2.24, 2.45) is 0 Å². The van der Waals surface area contributed by atoms with E-state index in [9.17, 15) is 14.0 Å². The van der Waals surface area contributed by atoms with Crippen molar-refractivity contribution in [3.8, 4) is 0 Å². The van der Waals surface area contributed by atoms with E-state index >= 15 is 0 Å². The topological polar surface area (TPSA) is 66.4 Å². The lowest BCUT2D eigenvalue weighted by atomic mass is 10.0. The van der Waals surface area contributed by atoms with Gasteiger partial charge in [-0.1, -0.05) is 24.3 Å².